The van der Waals surface area contributed by atoms with Crippen molar-refractivity contribution in [1.29, 1.82) is 0 Å². The Morgan fingerprint density at radius 1 is 0.762 bits per heavy atom. The van der Waals surface area contributed by atoms with Gasteiger partial charge in [-0.2, -0.15) is 8.42 Å². The maximum absolute atomic E-state index is 12.4. The van der Waals surface area contributed by atoms with E-state index in [2.05, 4.69) is 0 Å². The van der Waals surface area contributed by atoms with E-state index in [9.17, 15) is 22.6 Å². The molecule has 0 bridgehead atoms. The zero-order valence-corrected chi connectivity index (χ0v) is 13.8. The third-order valence-corrected chi connectivity index (χ3v) is 4.09. The molecular weight excluding hydrogens is 303 g/mol. The molecule has 1 aliphatic rings. The van der Waals surface area contributed by atoms with Gasteiger partial charge < -0.3 is 0 Å². The predicted molar refractivity (Wildman–Crippen MR) is 69.6 cm³/mol. The van der Waals surface area contributed by atoms with Crippen LogP contribution in [-0.4, -0.2) is 24.5 Å². The van der Waals surface area contributed by atoms with Crippen molar-refractivity contribution < 1.29 is 52.1 Å². The molecule has 1 N–H and O–H groups in total. The van der Waals surface area contributed by atoms with Gasteiger partial charge in [0.05, 0.1) is 5.56 Å². The Bertz CT molecular complexity index is 871. The van der Waals surface area contributed by atoms with Crippen molar-refractivity contribution in [2.45, 2.75) is 4.90 Å². The first-order valence-electron chi connectivity index (χ1n) is 5.70. The van der Waals surface area contributed by atoms with Crippen LogP contribution in [0.3, 0.4) is 0 Å². The summed E-state index contributed by atoms with van der Waals surface area (Å²) in [5.41, 5.74) is 0.0983. The Labute approximate surface area is 143 Å². The average molecular weight is 311 g/mol. The van der Waals surface area contributed by atoms with Crippen molar-refractivity contribution >= 4 is 21.7 Å². The molecule has 0 amide bonds. The molecule has 2 aromatic rings. The summed E-state index contributed by atoms with van der Waals surface area (Å²) in [5, 5.41) is 0. The summed E-state index contributed by atoms with van der Waals surface area (Å²) in [5.74, 6) is -1.01. The molecule has 0 radical (unpaired) electrons. The molecule has 3 rings (SSSR count). The van der Waals surface area contributed by atoms with Crippen LogP contribution in [0, 0.1) is 0 Å². The maximum atomic E-state index is 12.4. The molecule has 7 heteroatoms. The monoisotopic (exact) mass is 311 g/mol. The van der Waals surface area contributed by atoms with E-state index in [1.807, 2.05) is 0 Å². The maximum Gasteiger partial charge on any atom is 1.00 e. The molecule has 2 aromatic carbocycles. The number of carbonyl (C=O) groups is 2. The minimum atomic E-state index is -4.58. The van der Waals surface area contributed by atoms with Crippen LogP contribution >= 0.6 is 0 Å². The van der Waals surface area contributed by atoms with Crippen LogP contribution in [0.2, 0.25) is 0 Å². The van der Waals surface area contributed by atoms with Gasteiger partial charge in [0.2, 0.25) is 0 Å². The van der Waals surface area contributed by atoms with Crippen LogP contribution in [0.25, 0.3) is 0 Å². The van der Waals surface area contributed by atoms with Crippen LogP contribution in [0.1, 0.15) is 31.8 Å². The summed E-state index contributed by atoms with van der Waals surface area (Å²) in [6, 6.07) is 9.99. The molecule has 0 spiro atoms. The zero-order chi connectivity index (χ0) is 14.5. The van der Waals surface area contributed by atoms with Crippen molar-refractivity contribution in [3.8, 4) is 0 Å². The summed E-state index contributed by atoms with van der Waals surface area (Å²) < 4.78 is 31.9. The first-order chi connectivity index (χ1) is 9.41. The first-order valence-corrected chi connectivity index (χ1v) is 7.14. The van der Waals surface area contributed by atoms with Gasteiger partial charge in [0, 0.05) is 16.7 Å². The number of fused-ring (bicyclic) bond motifs is 2. The Kier molecular flexibility index (Phi) is 4.19. The molecule has 0 aliphatic heterocycles. The molecule has 0 saturated carbocycles. The van der Waals surface area contributed by atoms with E-state index >= 15 is 0 Å². The van der Waals surface area contributed by atoms with Crippen LogP contribution in [0.15, 0.2) is 47.4 Å². The van der Waals surface area contributed by atoms with Gasteiger partial charge in [-0.25, -0.2) is 0 Å². The minimum Gasteiger partial charge on any atom is -0.289 e. The normalized spacial score (nSPS) is 13.2. The summed E-state index contributed by atoms with van der Waals surface area (Å²) in [6.45, 7) is 0. The molecule has 1 aliphatic carbocycles. The van der Waals surface area contributed by atoms with Crippen LogP contribution in [-0.2, 0) is 10.1 Å². The second-order valence-electron chi connectivity index (χ2n) is 4.36. The Hall–Kier alpha value is -1.31. The van der Waals surface area contributed by atoms with E-state index in [0.29, 0.717) is 0 Å². The van der Waals surface area contributed by atoms with Crippen LogP contribution in [0.5, 0.6) is 0 Å². The van der Waals surface area contributed by atoms with Gasteiger partial charge in [-0.3, -0.25) is 14.1 Å². The average Bonchev–Trinajstić information content (AvgIpc) is 2.43. The molecule has 0 aromatic heterocycles. The predicted octanol–water partition coefficient (Wildman–Crippen LogP) is -1.29. The van der Waals surface area contributed by atoms with E-state index in [-0.39, 0.29) is 51.8 Å². The SMILES string of the molecule is O=C1c2ccccc2C(=O)c2c1cccc2S(=O)(=O)O.[Na+]. The third kappa shape index (κ3) is 2.49. The largest absolute Gasteiger partial charge is 1.00 e. The molecule has 0 heterocycles. The standard InChI is InChI=1S/C14H8O5S.Na/c15-13-8-4-1-2-5-9(8)14(16)12-10(13)6-3-7-11(12)20(17,18)19;/h1-7H,(H,17,18,19);/q;+1. The molecule has 0 unspecified atom stereocenters. The van der Waals surface area contributed by atoms with Gasteiger partial charge in [-0.1, -0.05) is 36.4 Å². The number of carbonyl (C=O) groups excluding carboxylic acids is 2. The summed E-state index contributed by atoms with van der Waals surface area (Å²) in [7, 11) is -4.58. The smallest absolute Gasteiger partial charge is 0.289 e. The van der Waals surface area contributed by atoms with Crippen molar-refractivity contribution in [3.63, 3.8) is 0 Å². The summed E-state index contributed by atoms with van der Waals surface area (Å²) in [6.07, 6.45) is 0. The Morgan fingerprint density at radius 2 is 1.29 bits per heavy atom. The van der Waals surface area contributed by atoms with E-state index in [0.717, 1.165) is 6.07 Å². The third-order valence-electron chi connectivity index (χ3n) is 3.19. The van der Waals surface area contributed by atoms with Crippen molar-refractivity contribution in [2.24, 2.45) is 0 Å². The van der Waals surface area contributed by atoms with Gasteiger partial charge in [-0.05, 0) is 6.07 Å². The Morgan fingerprint density at radius 3 is 1.86 bits per heavy atom. The number of rotatable bonds is 1. The molecule has 100 valence electrons. The quantitative estimate of drug-likeness (QED) is 0.446. The van der Waals surface area contributed by atoms with Crippen LogP contribution < -0.4 is 29.6 Å². The molecule has 5 nitrogen and oxygen atoms in total. The topological polar surface area (TPSA) is 88.5 Å². The van der Waals surface area contributed by atoms with E-state index in [4.69, 9.17) is 0 Å². The van der Waals surface area contributed by atoms with Gasteiger partial charge in [-0.15, -0.1) is 0 Å². The molecule has 21 heavy (non-hydrogen) atoms. The van der Waals surface area contributed by atoms with Crippen molar-refractivity contribution in [1.82, 2.24) is 0 Å². The van der Waals surface area contributed by atoms with Crippen molar-refractivity contribution in [2.75, 3.05) is 0 Å². The van der Waals surface area contributed by atoms with Crippen molar-refractivity contribution in [3.05, 3.63) is 64.7 Å². The fourth-order valence-electron chi connectivity index (χ4n) is 2.33. The number of ketones is 2. The fourth-order valence-corrected chi connectivity index (χ4v) is 3.04. The van der Waals surface area contributed by atoms with E-state index in [1.54, 1.807) is 12.1 Å². The number of hydrogen-bond donors (Lipinski definition) is 1. The van der Waals surface area contributed by atoms with E-state index < -0.39 is 26.6 Å². The van der Waals surface area contributed by atoms with Crippen LogP contribution in [0.4, 0.5) is 0 Å². The molecule has 0 atom stereocenters. The molecule has 0 saturated heterocycles. The summed E-state index contributed by atoms with van der Waals surface area (Å²) in [4.78, 5) is 24.2. The fraction of sp³-hybridized carbons (Fsp3) is 0. The number of benzene rings is 2. The van der Waals surface area contributed by atoms with Gasteiger partial charge in [0.15, 0.2) is 11.6 Å². The van der Waals surface area contributed by atoms with Gasteiger partial charge in [0.25, 0.3) is 10.1 Å². The second-order valence-corrected chi connectivity index (χ2v) is 5.75. The summed E-state index contributed by atoms with van der Waals surface area (Å²) >= 11 is 0. The van der Waals surface area contributed by atoms with E-state index in [1.165, 1.54) is 24.3 Å². The number of hydrogen-bond acceptors (Lipinski definition) is 4. The minimum absolute atomic E-state index is 0. The first kappa shape index (κ1) is 16.1. The molecular formula is C14H8NaO5S+. The molecule has 0 fully saturated rings. The zero-order valence-electron chi connectivity index (χ0n) is 11.0. The van der Waals surface area contributed by atoms with Gasteiger partial charge in [0.1, 0.15) is 4.90 Å². The van der Waals surface area contributed by atoms with Gasteiger partial charge >= 0.3 is 29.6 Å². The Balaban J connectivity index is 0.00000161. The second kappa shape index (κ2) is 5.47.